The van der Waals surface area contributed by atoms with Crippen molar-refractivity contribution in [2.24, 2.45) is 0 Å². The Morgan fingerprint density at radius 1 is 0.386 bits per heavy atom. The summed E-state index contributed by atoms with van der Waals surface area (Å²) >= 11 is 5.81. The van der Waals surface area contributed by atoms with Crippen LogP contribution in [0, 0.1) is 0 Å². The topological polar surface area (TPSA) is 250 Å². The normalized spacial score (nSPS) is 11.4. The van der Waals surface area contributed by atoms with Crippen molar-refractivity contribution in [2.45, 2.75) is 72.7 Å². The number of anilines is 3. The average Bonchev–Trinajstić information content (AvgIpc) is 3.45. The molecule has 0 fully saturated rings. The van der Waals surface area contributed by atoms with Gasteiger partial charge in [-0.05, 0) is 199 Å². The van der Waals surface area contributed by atoms with E-state index in [0.717, 1.165) is 51.9 Å². The molecule has 6 N–H and O–H groups in total. The lowest BCUT2D eigenvalue weighted by Crippen LogP contribution is -2.14. The number of sulfonamides is 3. The number of aromatic carboxylic acids is 3. The zero-order valence-electron chi connectivity index (χ0n) is 47.0. The molecule has 456 valence electrons. The van der Waals surface area contributed by atoms with E-state index in [0.29, 0.717) is 78.2 Å². The third-order valence-corrected chi connectivity index (χ3v) is 18.0. The molecule has 0 saturated heterocycles. The number of carboxylic acids is 3. The van der Waals surface area contributed by atoms with Crippen LogP contribution in [0.2, 0.25) is 5.02 Å². The smallest absolute Gasteiger partial charge is 0.416 e. The predicted octanol–water partition coefficient (Wildman–Crippen LogP) is 14.1. The summed E-state index contributed by atoms with van der Waals surface area (Å²) in [6.07, 6.45) is -0.513. The van der Waals surface area contributed by atoms with Gasteiger partial charge in [-0.3, -0.25) is 14.2 Å². The van der Waals surface area contributed by atoms with E-state index in [2.05, 4.69) is 14.2 Å². The summed E-state index contributed by atoms with van der Waals surface area (Å²) < 4.78 is 121. The molecule has 0 aliphatic heterocycles. The summed E-state index contributed by atoms with van der Waals surface area (Å²) in [5, 5.41) is 28.3. The SMILES string of the molecule is CCc1ccc(S(=O)(=O)Nc2cccc(CCc3ccccc3C(=O)O)c2)cc1.O=C(O)c1ccccc1CCc1cccc(NS(=O)(=O)c2ccc(C(F)(F)F)cc2)c1.O=C(O)c1ccccc1CCc1cccc(NS(=O)(=O)c2ccc(Cl)cc2)c1. The monoisotopic (exact) mass is 1270 g/mol. The molecule has 0 heterocycles. The number of carbonyl (C=O) groups is 3. The first-order chi connectivity index (χ1) is 41.8. The molecule has 0 saturated carbocycles. The molecule has 9 aromatic rings. The standard InChI is InChI=1S/C23H23NO4S.C22H18F3NO4S.C21H18ClNO4S/c1-2-17-11-14-21(15-12-17)29(27,28)24-20-8-5-6-18(16-20)10-13-19-7-3-4-9-22(19)23(25)26;23-22(24,25)17-10-12-19(13-11-17)31(29,30)26-18-6-3-4-15(14-18)8-9-16-5-1-2-7-20(16)21(27)28;22-17-10-12-19(13-11-17)28(26,27)23-18-6-3-4-15(14-18)8-9-16-5-1-2-7-20(16)21(24)25/h3-9,11-12,14-16,24H,2,10,13H2,1H3,(H,25,26);1-7,10-14,26H,8-9H2,(H,27,28);1-7,10-14,23H,8-9H2,(H,24,25). The van der Waals surface area contributed by atoms with E-state index in [1.807, 2.05) is 37.3 Å². The first kappa shape index (κ1) is 66.2. The highest BCUT2D eigenvalue weighted by Crippen LogP contribution is 2.31. The molecule has 0 aliphatic rings. The van der Waals surface area contributed by atoms with Gasteiger partial charge in [0.15, 0.2) is 0 Å². The van der Waals surface area contributed by atoms with Crippen LogP contribution in [0.1, 0.15) is 82.5 Å². The summed E-state index contributed by atoms with van der Waals surface area (Å²) in [4.78, 5) is 34.0. The molecule has 0 spiro atoms. The number of nitrogens with one attached hydrogen (secondary N) is 3. The molecule has 0 amide bonds. The molecule has 0 aliphatic carbocycles. The molecule has 15 nitrogen and oxygen atoms in total. The highest BCUT2D eigenvalue weighted by molar-refractivity contribution is 7.93. The Hall–Kier alpha value is -9.28. The lowest BCUT2D eigenvalue weighted by Gasteiger charge is -2.11. The van der Waals surface area contributed by atoms with Gasteiger partial charge in [0, 0.05) is 22.1 Å². The van der Waals surface area contributed by atoms with Gasteiger partial charge in [-0.1, -0.05) is 122 Å². The van der Waals surface area contributed by atoms with Gasteiger partial charge in [0.05, 0.1) is 36.9 Å². The third kappa shape index (κ3) is 19.1. The van der Waals surface area contributed by atoms with Crippen LogP contribution < -0.4 is 14.2 Å². The van der Waals surface area contributed by atoms with Crippen LogP contribution in [0.15, 0.2) is 233 Å². The largest absolute Gasteiger partial charge is 0.478 e. The molecule has 0 unspecified atom stereocenters. The third-order valence-electron chi connectivity index (χ3n) is 13.6. The Balaban J connectivity index is 0.000000189. The van der Waals surface area contributed by atoms with E-state index in [4.69, 9.17) is 11.6 Å². The van der Waals surface area contributed by atoms with Gasteiger partial charge in [0.1, 0.15) is 0 Å². The van der Waals surface area contributed by atoms with Crippen molar-refractivity contribution >= 4 is 76.6 Å². The first-order valence-corrected chi connectivity index (χ1v) is 31.9. The maximum Gasteiger partial charge on any atom is 0.416 e. The molecule has 0 radical (unpaired) electrons. The summed E-state index contributed by atoms with van der Waals surface area (Å²) in [7, 11) is -11.5. The molecule has 9 rings (SSSR count). The van der Waals surface area contributed by atoms with Gasteiger partial charge in [-0.15, -0.1) is 0 Å². The van der Waals surface area contributed by atoms with Crippen LogP contribution in [-0.4, -0.2) is 58.5 Å². The zero-order valence-corrected chi connectivity index (χ0v) is 50.2. The lowest BCUT2D eigenvalue weighted by atomic mass is 10.00. The lowest BCUT2D eigenvalue weighted by molar-refractivity contribution is -0.137. The maximum atomic E-state index is 12.7. The van der Waals surface area contributed by atoms with Gasteiger partial charge in [0.2, 0.25) is 0 Å². The molecule has 9 aromatic carbocycles. The molecular weight excluding hydrogens is 1220 g/mol. The minimum absolute atomic E-state index is 0.123. The summed E-state index contributed by atoms with van der Waals surface area (Å²) in [5.74, 6) is -2.93. The van der Waals surface area contributed by atoms with Gasteiger partial charge < -0.3 is 15.3 Å². The van der Waals surface area contributed by atoms with Gasteiger partial charge >= 0.3 is 24.1 Å². The predicted molar refractivity (Wildman–Crippen MR) is 333 cm³/mol. The molecule has 0 bridgehead atoms. The van der Waals surface area contributed by atoms with Crippen molar-refractivity contribution in [1.29, 1.82) is 0 Å². The number of halogens is 4. The zero-order chi connectivity index (χ0) is 63.7. The van der Waals surface area contributed by atoms with E-state index in [9.17, 15) is 68.1 Å². The van der Waals surface area contributed by atoms with Gasteiger partial charge in [-0.25, -0.2) is 39.6 Å². The van der Waals surface area contributed by atoms with E-state index in [1.165, 1.54) is 36.4 Å². The molecular formula is C66H59ClF3N3O12S3. The summed E-state index contributed by atoms with van der Waals surface area (Å²) in [6, 6.07) is 57.2. The van der Waals surface area contributed by atoms with E-state index >= 15 is 0 Å². The van der Waals surface area contributed by atoms with Gasteiger partial charge in [-0.2, -0.15) is 13.2 Å². The second-order valence-corrected chi connectivity index (χ2v) is 25.3. The fourth-order valence-corrected chi connectivity index (χ4v) is 12.3. The average molecular weight is 1270 g/mol. The number of carboxylic acid groups (broad SMARTS) is 3. The highest BCUT2D eigenvalue weighted by Gasteiger charge is 2.31. The van der Waals surface area contributed by atoms with Crippen molar-refractivity contribution in [1.82, 2.24) is 0 Å². The van der Waals surface area contributed by atoms with E-state index < -0.39 is 59.7 Å². The van der Waals surface area contributed by atoms with Crippen LogP contribution >= 0.6 is 11.6 Å². The molecule has 0 atom stereocenters. The second-order valence-electron chi connectivity index (χ2n) is 19.8. The Morgan fingerprint density at radius 3 is 0.977 bits per heavy atom. The quantitative estimate of drug-likeness (QED) is 0.0371. The molecule has 22 heteroatoms. The number of aryl methyl sites for hydroxylation is 7. The molecule has 0 aromatic heterocycles. The Bertz CT molecular complexity index is 4270. The number of alkyl halides is 3. The highest BCUT2D eigenvalue weighted by atomic mass is 35.5. The number of benzene rings is 9. The number of hydrogen-bond acceptors (Lipinski definition) is 9. The summed E-state index contributed by atoms with van der Waals surface area (Å²) in [6.45, 7) is 2.02. The van der Waals surface area contributed by atoms with Crippen LogP contribution in [0.3, 0.4) is 0 Å². The van der Waals surface area contributed by atoms with Crippen LogP contribution in [0.4, 0.5) is 30.2 Å². The molecule has 88 heavy (non-hydrogen) atoms. The van der Waals surface area contributed by atoms with E-state index in [1.54, 1.807) is 127 Å². The Morgan fingerprint density at radius 2 is 0.682 bits per heavy atom. The van der Waals surface area contributed by atoms with E-state index in [-0.39, 0.29) is 31.5 Å². The minimum Gasteiger partial charge on any atom is -0.478 e. The van der Waals surface area contributed by atoms with Crippen molar-refractivity contribution in [3.63, 3.8) is 0 Å². The van der Waals surface area contributed by atoms with Crippen molar-refractivity contribution in [3.8, 4) is 0 Å². The maximum absolute atomic E-state index is 12.7. The van der Waals surface area contributed by atoms with Crippen LogP contribution in [0.5, 0.6) is 0 Å². The Kier molecular flexibility index (Phi) is 22.5. The fourth-order valence-electron chi connectivity index (χ4n) is 9.03. The van der Waals surface area contributed by atoms with Crippen LogP contribution in [-0.2, 0) is 81.2 Å². The van der Waals surface area contributed by atoms with Crippen molar-refractivity contribution in [3.05, 3.63) is 285 Å². The fraction of sp³-hybridized carbons (Fsp3) is 0.136. The van der Waals surface area contributed by atoms with Gasteiger partial charge in [0.25, 0.3) is 30.1 Å². The summed E-state index contributed by atoms with van der Waals surface area (Å²) in [5.41, 5.74) is 6.84. The minimum atomic E-state index is -4.55. The first-order valence-electron chi connectivity index (χ1n) is 27.1. The second kappa shape index (κ2) is 29.9. The number of hydrogen-bond donors (Lipinski definition) is 6. The van der Waals surface area contributed by atoms with Crippen LogP contribution in [0.25, 0.3) is 0 Å². The Labute approximate surface area is 513 Å². The van der Waals surface area contributed by atoms with Crippen molar-refractivity contribution in [2.75, 3.05) is 14.2 Å². The van der Waals surface area contributed by atoms with Crippen molar-refractivity contribution < 1.29 is 68.1 Å². The number of rotatable bonds is 22.